The number of hydrogen-bond acceptors (Lipinski definition) is 4. The van der Waals surface area contributed by atoms with Gasteiger partial charge in [-0.3, -0.25) is 4.79 Å². The summed E-state index contributed by atoms with van der Waals surface area (Å²) in [5.41, 5.74) is 4.71. The van der Waals surface area contributed by atoms with Crippen molar-refractivity contribution in [2.75, 3.05) is 14.2 Å². The summed E-state index contributed by atoms with van der Waals surface area (Å²) in [5.74, 6) is 1.12. The van der Waals surface area contributed by atoms with E-state index >= 15 is 0 Å². The van der Waals surface area contributed by atoms with E-state index in [0.717, 1.165) is 28.2 Å². The van der Waals surface area contributed by atoms with E-state index in [2.05, 4.69) is 10.4 Å². The molecule has 1 heterocycles. The van der Waals surface area contributed by atoms with E-state index in [4.69, 9.17) is 9.47 Å². The first-order chi connectivity index (χ1) is 14.0. The molecule has 0 unspecified atom stereocenters. The summed E-state index contributed by atoms with van der Waals surface area (Å²) in [6, 6.07) is 15.5. The zero-order valence-corrected chi connectivity index (χ0v) is 17.1. The molecule has 0 fully saturated rings. The summed E-state index contributed by atoms with van der Waals surface area (Å²) >= 11 is 0. The van der Waals surface area contributed by atoms with Gasteiger partial charge in [0, 0.05) is 23.9 Å². The van der Waals surface area contributed by atoms with Gasteiger partial charge in [0.25, 0.3) is 0 Å². The average Bonchev–Trinajstić information content (AvgIpc) is 3.04. The molecule has 6 heteroatoms. The lowest BCUT2D eigenvalue weighted by molar-refractivity contribution is -0.116. The molecule has 0 aliphatic rings. The van der Waals surface area contributed by atoms with Crippen molar-refractivity contribution in [1.29, 1.82) is 0 Å². The van der Waals surface area contributed by atoms with Crippen LogP contribution >= 0.6 is 0 Å². The number of aryl methyl sites for hydroxylation is 1. The first-order valence-electron chi connectivity index (χ1n) is 9.32. The molecule has 2 aromatic carbocycles. The Morgan fingerprint density at radius 1 is 1.07 bits per heavy atom. The number of amides is 1. The van der Waals surface area contributed by atoms with E-state index in [0.29, 0.717) is 18.0 Å². The predicted molar refractivity (Wildman–Crippen MR) is 113 cm³/mol. The first-order valence-corrected chi connectivity index (χ1v) is 9.32. The molecule has 1 amide bonds. The Kier molecular flexibility index (Phi) is 6.34. The number of hydrogen-bond donors (Lipinski definition) is 1. The van der Waals surface area contributed by atoms with Gasteiger partial charge in [0.15, 0.2) is 11.5 Å². The molecular formula is C23H25N3O3. The van der Waals surface area contributed by atoms with Crippen LogP contribution in [0.5, 0.6) is 11.5 Å². The maximum absolute atomic E-state index is 12.3. The zero-order valence-electron chi connectivity index (χ0n) is 17.1. The van der Waals surface area contributed by atoms with Crippen molar-refractivity contribution in [2.24, 2.45) is 0 Å². The molecular weight excluding hydrogens is 366 g/mol. The van der Waals surface area contributed by atoms with Gasteiger partial charge in [0.1, 0.15) is 0 Å². The Morgan fingerprint density at radius 2 is 1.79 bits per heavy atom. The van der Waals surface area contributed by atoms with E-state index in [1.54, 1.807) is 20.3 Å². The number of carbonyl (C=O) groups excluding carboxylic acids is 1. The molecule has 150 valence electrons. The zero-order chi connectivity index (χ0) is 20.8. The standard InChI is InChI=1S/C23H25N3O3/c1-16-20(17(2)26(25-16)19-8-6-5-7-9-19)11-13-23(27)24-15-18-10-12-21(28-3)22(14-18)29-4/h5-14H,15H2,1-4H3,(H,24,27)/b13-11+. The molecule has 3 rings (SSSR count). The second-order valence-electron chi connectivity index (χ2n) is 6.57. The van der Waals surface area contributed by atoms with E-state index < -0.39 is 0 Å². The number of ether oxygens (including phenoxy) is 2. The molecule has 0 saturated heterocycles. The van der Waals surface area contributed by atoms with Crippen LogP contribution in [0.3, 0.4) is 0 Å². The highest BCUT2D eigenvalue weighted by Crippen LogP contribution is 2.27. The molecule has 1 N–H and O–H groups in total. The van der Waals surface area contributed by atoms with E-state index in [1.165, 1.54) is 6.08 Å². The predicted octanol–water partition coefficient (Wildman–Crippen LogP) is 3.84. The number of carbonyl (C=O) groups is 1. The number of methoxy groups -OCH3 is 2. The molecule has 3 aromatic rings. The molecule has 1 aromatic heterocycles. The second kappa shape index (κ2) is 9.10. The van der Waals surface area contributed by atoms with Crippen LogP contribution in [0.4, 0.5) is 0 Å². The Hall–Kier alpha value is -3.54. The van der Waals surface area contributed by atoms with Crippen LogP contribution in [-0.2, 0) is 11.3 Å². The maximum Gasteiger partial charge on any atom is 0.244 e. The normalized spacial score (nSPS) is 10.9. The highest BCUT2D eigenvalue weighted by Gasteiger charge is 2.11. The Bertz CT molecular complexity index is 1020. The van der Waals surface area contributed by atoms with Crippen LogP contribution in [-0.4, -0.2) is 29.9 Å². The highest BCUT2D eigenvalue weighted by molar-refractivity contribution is 5.92. The van der Waals surface area contributed by atoms with Crippen molar-refractivity contribution in [3.63, 3.8) is 0 Å². The van der Waals surface area contributed by atoms with Crippen LogP contribution in [0.2, 0.25) is 0 Å². The van der Waals surface area contributed by atoms with Gasteiger partial charge >= 0.3 is 0 Å². The van der Waals surface area contributed by atoms with Crippen LogP contribution < -0.4 is 14.8 Å². The quantitative estimate of drug-likeness (QED) is 0.622. The third-order valence-electron chi connectivity index (χ3n) is 4.66. The number of rotatable bonds is 7. The number of nitrogens with one attached hydrogen (secondary N) is 1. The highest BCUT2D eigenvalue weighted by atomic mass is 16.5. The first kappa shape index (κ1) is 20.2. The fraction of sp³-hybridized carbons (Fsp3) is 0.217. The van der Waals surface area contributed by atoms with Gasteiger partial charge in [-0.1, -0.05) is 24.3 Å². The molecule has 0 aliphatic heterocycles. The largest absolute Gasteiger partial charge is 0.493 e. The Labute approximate surface area is 170 Å². The van der Waals surface area contributed by atoms with Gasteiger partial charge in [-0.05, 0) is 49.8 Å². The lowest BCUT2D eigenvalue weighted by Crippen LogP contribution is -2.20. The summed E-state index contributed by atoms with van der Waals surface area (Å²) in [6.45, 7) is 4.33. The summed E-state index contributed by atoms with van der Waals surface area (Å²) in [4.78, 5) is 12.3. The van der Waals surface area contributed by atoms with Gasteiger partial charge in [-0.2, -0.15) is 5.10 Å². The molecule has 6 nitrogen and oxygen atoms in total. The Balaban J connectivity index is 1.68. The minimum Gasteiger partial charge on any atom is -0.493 e. The van der Waals surface area contributed by atoms with Crippen molar-refractivity contribution in [1.82, 2.24) is 15.1 Å². The van der Waals surface area contributed by atoms with Gasteiger partial charge in [0.05, 0.1) is 25.6 Å². The lowest BCUT2D eigenvalue weighted by atomic mass is 10.1. The van der Waals surface area contributed by atoms with Crippen molar-refractivity contribution >= 4 is 12.0 Å². The lowest BCUT2D eigenvalue weighted by Gasteiger charge is -2.09. The Morgan fingerprint density at radius 3 is 2.48 bits per heavy atom. The molecule has 0 aliphatic carbocycles. The summed E-state index contributed by atoms with van der Waals surface area (Å²) in [7, 11) is 3.18. The molecule has 0 bridgehead atoms. The van der Waals surface area contributed by atoms with E-state index in [1.807, 2.05) is 67.1 Å². The van der Waals surface area contributed by atoms with E-state index in [9.17, 15) is 4.79 Å². The second-order valence-corrected chi connectivity index (χ2v) is 6.57. The van der Waals surface area contributed by atoms with Crippen LogP contribution in [0.25, 0.3) is 11.8 Å². The third-order valence-corrected chi connectivity index (χ3v) is 4.66. The van der Waals surface area contributed by atoms with E-state index in [-0.39, 0.29) is 5.91 Å². The van der Waals surface area contributed by atoms with Crippen LogP contribution in [0, 0.1) is 13.8 Å². The van der Waals surface area contributed by atoms with Gasteiger partial charge < -0.3 is 14.8 Å². The maximum atomic E-state index is 12.3. The van der Waals surface area contributed by atoms with Crippen LogP contribution in [0.15, 0.2) is 54.6 Å². The number of benzene rings is 2. The van der Waals surface area contributed by atoms with Gasteiger partial charge in [-0.25, -0.2) is 4.68 Å². The van der Waals surface area contributed by atoms with Crippen molar-refractivity contribution in [3.05, 3.63) is 77.1 Å². The van der Waals surface area contributed by atoms with Crippen molar-refractivity contribution < 1.29 is 14.3 Å². The summed E-state index contributed by atoms with van der Waals surface area (Å²) in [5, 5.41) is 7.48. The average molecular weight is 391 g/mol. The monoisotopic (exact) mass is 391 g/mol. The van der Waals surface area contributed by atoms with Crippen LogP contribution in [0.1, 0.15) is 22.5 Å². The minimum absolute atomic E-state index is 0.175. The molecule has 0 spiro atoms. The van der Waals surface area contributed by atoms with Crippen molar-refractivity contribution in [3.8, 4) is 17.2 Å². The molecule has 29 heavy (non-hydrogen) atoms. The number of para-hydroxylation sites is 1. The summed E-state index contributed by atoms with van der Waals surface area (Å²) < 4.78 is 12.4. The fourth-order valence-corrected chi connectivity index (χ4v) is 3.11. The number of nitrogens with zero attached hydrogens (tertiary/aromatic N) is 2. The topological polar surface area (TPSA) is 65.4 Å². The smallest absolute Gasteiger partial charge is 0.244 e. The SMILES string of the molecule is COc1ccc(CNC(=O)/C=C/c2c(C)nn(-c3ccccc3)c2C)cc1OC. The van der Waals surface area contributed by atoms with Gasteiger partial charge in [-0.15, -0.1) is 0 Å². The minimum atomic E-state index is -0.175. The molecule has 0 atom stereocenters. The molecule has 0 saturated carbocycles. The van der Waals surface area contributed by atoms with Gasteiger partial charge in [0.2, 0.25) is 5.91 Å². The molecule has 0 radical (unpaired) electrons. The summed E-state index contributed by atoms with van der Waals surface area (Å²) in [6.07, 6.45) is 3.34. The number of aromatic nitrogens is 2. The third kappa shape index (κ3) is 4.66. The fourth-order valence-electron chi connectivity index (χ4n) is 3.11. The van der Waals surface area contributed by atoms with Crippen molar-refractivity contribution in [2.45, 2.75) is 20.4 Å².